The SMILES string of the molecule is CCc1nc(Cl)c(C(=O)O)cc1S(=O)(=O)Cl. The maximum absolute atomic E-state index is 11.2. The Labute approximate surface area is 101 Å². The smallest absolute Gasteiger partial charge is 0.338 e. The van der Waals surface area contributed by atoms with Crippen LogP contribution in [0.4, 0.5) is 0 Å². The molecule has 0 saturated heterocycles. The minimum atomic E-state index is -4.03. The molecule has 1 heterocycles. The number of halogens is 2. The van der Waals surface area contributed by atoms with Crippen LogP contribution in [0.3, 0.4) is 0 Å². The normalized spacial score (nSPS) is 11.4. The quantitative estimate of drug-likeness (QED) is 0.677. The molecule has 0 fully saturated rings. The largest absolute Gasteiger partial charge is 0.478 e. The predicted octanol–water partition coefficient (Wildman–Crippen LogP) is 1.92. The van der Waals surface area contributed by atoms with Crippen molar-refractivity contribution in [2.24, 2.45) is 0 Å². The maximum atomic E-state index is 11.2. The number of aromatic nitrogens is 1. The summed E-state index contributed by atoms with van der Waals surface area (Å²) in [6.45, 7) is 1.66. The van der Waals surface area contributed by atoms with E-state index in [0.29, 0.717) is 0 Å². The summed E-state index contributed by atoms with van der Waals surface area (Å²) in [4.78, 5) is 14.1. The number of carbonyl (C=O) groups is 1. The van der Waals surface area contributed by atoms with E-state index in [4.69, 9.17) is 27.4 Å². The van der Waals surface area contributed by atoms with E-state index >= 15 is 0 Å². The average Bonchev–Trinajstić information content (AvgIpc) is 2.14. The first-order valence-corrected chi connectivity index (χ1v) is 6.83. The van der Waals surface area contributed by atoms with Gasteiger partial charge in [0.05, 0.1) is 11.3 Å². The molecule has 8 heteroatoms. The molecule has 16 heavy (non-hydrogen) atoms. The van der Waals surface area contributed by atoms with Crippen LogP contribution in [0.2, 0.25) is 5.15 Å². The topological polar surface area (TPSA) is 84.3 Å². The second-order valence-electron chi connectivity index (χ2n) is 2.87. The summed E-state index contributed by atoms with van der Waals surface area (Å²) in [5, 5.41) is 8.50. The lowest BCUT2D eigenvalue weighted by atomic mass is 10.2. The number of carboxylic acids is 1. The van der Waals surface area contributed by atoms with Crippen molar-refractivity contribution in [3.8, 4) is 0 Å². The minimum Gasteiger partial charge on any atom is -0.478 e. The van der Waals surface area contributed by atoms with E-state index in [2.05, 4.69) is 4.98 Å². The van der Waals surface area contributed by atoms with Crippen LogP contribution in [0, 0.1) is 0 Å². The van der Waals surface area contributed by atoms with Gasteiger partial charge in [-0.05, 0) is 12.5 Å². The lowest BCUT2D eigenvalue weighted by molar-refractivity contribution is 0.0696. The first-order valence-electron chi connectivity index (χ1n) is 4.14. The van der Waals surface area contributed by atoms with E-state index in [1.807, 2.05) is 0 Å². The highest BCUT2D eigenvalue weighted by Crippen LogP contribution is 2.24. The highest BCUT2D eigenvalue weighted by Gasteiger charge is 2.21. The van der Waals surface area contributed by atoms with Gasteiger partial charge >= 0.3 is 5.97 Å². The Kier molecular flexibility index (Phi) is 3.77. The Morgan fingerprint density at radius 3 is 2.50 bits per heavy atom. The number of aromatic carboxylic acids is 1. The van der Waals surface area contributed by atoms with Gasteiger partial charge in [-0.3, -0.25) is 0 Å². The Morgan fingerprint density at radius 2 is 2.12 bits per heavy atom. The third-order valence-corrected chi connectivity index (χ3v) is 3.51. The van der Waals surface area contributed by atoms with Crippen molar-refractivity contribution in [2.75, 3.05) is 0 Å². The lowest BCUT2D eigenvalue weighted by Gasteiger charge is -2.06. The monoisotopic (exact) mass is 283 g/mol. The Bertz CT molecular complexity index is 541. The molecule has 5 nitrogen and oxygen atoms in total. The molecule has 0 amide bonds. The molecule has 0 atom stereocenters. The molecular weight excluding hydrogens is 277 g/mol. The van der Waals surface area contributed by atoms with Gasteiger partial charge in [0.2, 0.25) is 0 Å². The molecule has 0 unspecified atom stereocenters. The van der Waals surface area contributed by atoms with Crippen LogP contribution in [-0.4, -0.2) is 24.5 Å². The van der Waals surface area contributed by atoms with Crippen molar-refractivity contribution in [3.05, 3.63) is 22.5 Å². The third kappa shape index (κ3) is 2.63. The van der Waals surface area contributed by atoms with Gasteiger partial charge in [0.15, 0.2) is 0 Å². The van der Waals surface area contributed by atoms with E-state index < -0.39 is 20.6 Å². The first-order chi connectivity index (χ1) is 7.27. The molecule has 0 aromatic carbocycles. The van der Waals surface area contributed by atoms with E-state index in [-0.39, 0.29) is 22.2 Å². The molecule has 0 aliphatic heterocycles. The molecule has 0 saturated carbocycles. The van der Waals surface area contributed by atoms with Crippen LogP contribution in [0.1, 0.15) is 23.0 Å². The van der Waals surface area contributed by atoms with Gasteiger partial charge in [-0.2, -0.15) is 0 Å². The van der Waals surface area contributed by atoms with Gasteiger partial charge in [0, 0.05) is 10.7 Å². The molecule has 0 bridgehead atoms. The summed E-state index contributed by atoms with van der Waals surface area (Å²) in [7, 11) is 1.14. The van der Waals surface area contributed by atoms with Crippen molar-refractivity contribution in [2.45, 2.75) is 18.2 Å². The predicted molar refractivity (Wildman–Crippen MR) is 58.6 cm³/mol. The van der Waals surface area contributed by atoms with E-state index in [0.717, 1.165) is 6.07 Å². The van der Waals surface area contributed by atoms with Gasteiger partial charge in [0.25, 0.3) is 9.05 Å². The van der Waals surface area contributed by atoms with Crippen LogP contribution in [0.25, 0.3) is 0 Å². The Morgan fingerprint density at radius 1 is 1.56 bits per heavy atom. The van der Waals surface area contributed by atoms with Gasteiger partial charge in [-0.15, -0.1) is 0 Å². The summed E-state index contributed by atoms with van der Waals surface area (Å²) < 4.78 is 22.4. The van der Waals surface area contributed by atoms with E-state index in [9.17, 15) is 13.2 Å². The molecule has 0 aliphatic rings. The van der Waals surface area contributed by atoms with E-state index in [1.54, 1.807) is 6.92 Å². The standard InChI is InChI=1S/C8H7Cl2NO4S/c1-2-5-6(16(10,14)15)3-4(8(12)13)7(9)11-5/h3H,2H2,1H3,(H,12,13). The van der Waals surface area contributed by atoms with Crippen molar-refractivity contribution in [1.29, 1.82) is 0 Å². The highest BCUT2D eigenvalue weighted by molar-refractivity contribution is 8.13. The Hall–Kier alpha value is -0.850. The van der Waals surface area contributed by atoms with Crippen molar-refractivity contribution in [1.82, 2.24) is 4.98 Å². The maximum Gasteiger partial charge on any atom is 0.338 e. The molecule has 1 aromatic heterocycles. The summed E-state index contributed by atoms with van der Waals surface area (Å²) in [5.41, 5.74) is -0.247. The van der Waals surface area contributed by atoms with Crippen molar-refractivity contribution in [3.63, 3.8) is 0 Å². The zero-order valence-electron chi connectivity index (χ0n) is 8.07. The van der Waals surface area contributed by atoms with Crippen LogP contribution in [-0.2, 0) is 15.5 Å². The molecule has 1 rings (SSSR count). The summed E-state index contributed by atoms with van der Waals surface area (Å²) in [5.74, 6) is -1.36. The summed E-state index contributed by atoms with van der Waals surface area (Å²) in [6.07, 6.45) is 0.279. The Balaban J connectivity index is 3.60. The molecule has 0 aliphatic carbocycles. The number of hydrogen-bond donors (Lipinski definition) is 1. The number of hydrogen-bond acceptors (Lipinski definition) is 4. The fourth-order valence-corrected chi connectivity index (χ4v) is 2.49. The van der Waals surface area contributed by atoms with Crippen LogP contribution >= 0.6 is 22.3 Å². The number of rotatable bonds is 3. The molecule has 1 aromatic rings. The highest BCUT2D eigenvalue weighted by atomic mass is 35.7. The fraction of sp³-hybridized carbons (Fsp3) is 0.250. The van der Waals surface area contributed by atoms with Crippen LogP contribution in [0.15, 0.2) is 11.0 Å². The third-order valence-electron chi connectivity index (χ3n) is 1.84. The van der Waals surface area contributed by atoms with Gasteiger partial charge in [0.1, 0.15) is 10.0 Å². The molecule has 0 spiro atoms. The van der Waals surface area contributed by atoms with Gasteiger partial charge in [-0.25, -0.2) is 18.2 Å². The average molecular weight is 284 g/mol. The minimum absolute atomic E-state index is 0.144. The fourth-order valence-electron chi connectivity index (χ4n) is 1.12. The first kappa shape index (κ1) is 13.2. The second-order valence-corrected chi connectivity index (χ2v) is 5.76. The van der Waals surface area contributed by atoms with Gasteiger partial charge in [-0.1, -0.05) is 18.5 Å². The number of aryl methyl sites for hydroxylation is 1. The number of nitrogens with zero attached hydrogens (tertiary/aromatic N) is 1. The molecule has 0 radical (unpaired) electrons. The molecule has 1 N–H and O–H groups in total. The second kappa shape index (κ2) is 4.57. The van der Waals surface area contributed by atoms with Crippen molar-refractivity contribution >= 4 is 37.3 Å². The number of pyridine rings is 1. The van der Waals surface area contributed by atoms with Crippen molar-refractivity contribution < 1.29 is 18.3 Å². The molecular formula is C8H7Cl2NO4S. The number of carboxylic acid groups (broad SMARTS) is 1. The van der Waals surface area contributed by atoms with Crippen LogP contribution < -0.4 is 0 Å². The zero-order chi connectivity index (χ0) is 12.5. The zero-order valence-corrected chi connectivity index (χ0v) is 10.4. The lowest BCUT2D eigenvalue weighted by Crippen LogP contribution is -2.07. The van der Waals surface area contributed by atoms with Crippen LogP contribution in [0.5, 0.6) is 0 Å². The van der Waals surface area contributed by atoms with E-state index in [1.165, 1.54) is 0 Å². The summed E-state index contributed by atoms with van der Waals surface area (Å²) in [6, 6.07) is 0.916. The van der Waals surface area contributed by atoms with Gasteiger partial charge < -0.3 is 5.11 Å². The summed E-state index contributed by atoms with van der Waals surface area (Å²) >= 11 is 5.60. The molecule has 88 valence electrons.